The average molecular weight is 433 g/mol. The van der Waals surface area contributed by atoms with E-state index in [4.69, 9.17) is 13.9 Å². The predicted molar refractivity (Wildman–Crippen MR) is 115 cm³/mol. The standard InChI is InChI=1S/C24H23N3O5/c28-23(25-13-16-8-9-19-20(12-16)32-15-31-19)21-22(30-14-26-21)17-6-2-3-7-18(17)24(29)27-10-4-1-5-11-27/h2-3,6-9,12,14H,1,4-5,10-11,13,15H2,(H,25,28). The fourth-order valence-electron chi connectivity index (χ4n) is 4.05. The Bertz CT molecular complexity index is 1150. The Morgan fingerprint density at radius 2 is 1.81 bits per heavy atom. The van der Waals surface area contributed by atoms with Crippen molar-refractivity contribution in [2.45, 2.75) is 25.8 Å². The molecule has 32 heavy (non-hydrogen) atoms. The van der Waals surface area contributed by atoms with E-state index in [9.17, 15) is 9.59 Å². The van der Waals surface area contributed by atoms with Crippen molar-refractivity contribution in [3.8, 4) is 22.8 Å². The minimum absolute atomic E-state index is 0.0524. The number of nitrogens with zero attached hydrogens (tertiary/aromatic N) is 2. The summed E-state index contributed by atoms with van der Waals surface area (Å²) >= 11 is 0. The molecule has 5 rings (SSSR count). The van der Waals surface area contributed by atoms with Crippen molar-refractivity contribution in [1.29, 1.82) is 0 Å². The van der Waals surface area contributed by atoms with Crippen molar-refractivity contribution in [2.75, 3.05) is 19.9 Å². The second kappa shape index (κ2) is 8.74. The minimum atomic E-state index is -0.383. The Balaban J connectivity index is 1.35. The van der Waals surface area contributed by atoms with E-state index in [2.05, 4.69) is 10.3 Å². The smallest absolute Gasteiger partial charge is 0.274 e. The Kier molecular flexibility index (Phi) is 5.49. The molecule has 0 atom stereocenters. The fraction of sp³-hybridized carbons (Fsp3) is 0.292. The average Bonchev–Trinajstić information content (AvgIpc) is 3.52. The molecule has 0 unspecified atom stereocenters. The third kappa shape index (κ3) is 3.91. The maximum Gasteiger partial charge on any atom is 0.274 e. The monoisotopic (exact) mass is 433 g/mol. The van der Waals surface area contributed by atoms with Gasteiger partial charge in [-0.05, 0) is 43.0 Å². The molecule has 2 aliphatic rings. The maximum absolute atomic E-state index is 13.1. The predicted octanol–water partition coefficient (Wildman–Crippen LogP) is 3.63. The highest BCUT2D eigenvalue weighted by molar-refractivity contribution is 6.04. The molecular formula is C24H23N3O5. The third-order valence-electron chi connectivity index (χ3n) is 5.72. The van der Waals surface area contributed by atoms with E-state index in [1.54, 1.807) is 12.1 Å². The molecule has 2 aliphatic heterocycles. The van der Waals surface area contributed by atoms with Gasteiger partial charge >= 0.3 is 0 Å². The van der Waals surface area contributed by atoms with Gasteiger partial charge in [0.2, 0.25) is 6.79 Å². The first-order valence-corrected chi connectivity index (χ1v) is 10.7. The minimum Gasteiger partial charge on any atom is -0.454 e. The van der Waals surface area contributed by atoms with Crippen LogP contribution in [0.3, 0.4) is 0 Å². The number of hydrogen-bond donors (Lipinski definition) is 1. The zero-order chi connectivity index (χ0) is 21.9. The molecule has 2 amide bonds. The van der Waals surface area contributed by atoms with Crippen LogP contribution in [-0.2, 0) is 6.54 Å². The van der Waals surface area contributed by atoms with Gasteiger partial charge in [-0.3, -0.25) is 9.59 Å². The molecule has 3 heterocycles. The highest BCUT2D eigenvalue weighted by Gasteiger charge is 2.26. The summed E-state index contributed by atoms with van der Waals surface area (Å²) in [7, 11) is 0. The van der Waals surface area contributed by atoms with E-state index >= 15 is 0 Å². The van der Waals surface area contributed by atoms with Gasteiger partial charge in [0.05, 0.1) is 5.56 Å². The van der Waals surface area contributed by atoms with Gasteiger partial charge in [0.15, 0.2) is 29.3 Å². The van der Waals surface area contributed by atoms with Crippen LogP contribution in [0.25, 0.3) is 11.3 Å². The molecule has 2 aromatic carbocycles. The van der Waals surface area contributed by atoms with E-state index < -0.39 is 0 Å². The summed E-state index contributed by atoms with van der Waals surface area (Å²) in [6, 6.07) is 12.7. The Morgan fingerprint density at radius 3 is 2.69 bits per heavy atom. The second-order valence-corrected chi connectivity index (χ2v) is 7.80. The van der Waals surface area contributed by atoms with Crippen LogP contribution in [0.15, 0.2) is 53.3 Å². The first-order valence-electron chi connectivity index (χ1n) is 10.7. The number of fused-ring (bicyclic) bond motifs is 1. The highest BCUT2D eigenvalue weighted by Crippen LogP contribution is 2.32. The number of aromatic nitrogens is 1. The lowest BCUT2D eigenvalue weighted by atomic mass is 10.0. The SMILES string of the molecule is O=C(NCc1ccc2c(c1)OCO2)c1ncoc1-c1ccccc1C(=O)N1CCCCC1. The van der Waals surface area contributed by atoms with Crippen LogP contribution in [0.4, 0.5) is 0 Å². The fourth-order valence-corrected chi connectivity index (χ4v) is 4.05. The Labute approximate surface area is 185 Å². The number of hydrogen-bond acceptors (Lipinski definition) is 6. The van der Waals surface area contributed by atoms with Crippen molar-refractivity contribution in [2.24, 2.45) is 0 Å². The van der Waals surface area contributed by atoms with E-state index in [0.717, 1.165) is 37.9 Å². The molecule has 0 bridgehead atoms. The molecule has 0 spiro atoms. The summed E-state index contributed by atoms with van der Waals surface area (Å²) in [4.78, 5) is 32.0. The number of rotatable bonds is 5. The molecule has 1 aromatic heterocycles. The van der Waals surface area contributed by atoms with Gasteiger partial charge in [-0.25, -0.2) is 4.98 Å². The van der Waals surface area contributed by atoms with Gasteiger partial charge in [-0.2, -0.15) is 0 Å². The molecule has 0 aliphatic carbocycles. The third-order valence-corrected chi connectivity index (χ3v) is 5.72. The summed E-state index contributed by atoms with van der Waals surface area (Å²) in [5, 5.41) is 2.86. The normalized spacial score (nSPS) is 14.9. The number of carbonyl (C=O) groups is 2. The van der Waals surface area contributed by atoms with Crippen LogP contribution >= 0.6 is 0 Å². The maximum atomic E-state index is 13.1. The quantitative estimate of drug-likeness (QED) is 0.661. The van der Waals surface area contributed by atoms with Crippen LogP contribution in [0.2, 0.25) is 0 Å². The van der Waals surface area contributed by atoms with Crippen molar-refractivity contribution >= 4 is 11.8 Å². The van der Waals surface area contributed by atoms with E-state index in [1.807, 2.05) is 35.2 Å². The molecule has 0 saturated carbocycles. The second-order valence-electron chi connectivity index (χ2n) is 7.80. The summed E-state index contributed by atoms with van der Waals surface area (Å²) in [5.41, 5.74) is 2.09. The molecule has 3 aromatic rings. The van der Waals surface area contributed by atoms with Crippen molar-refractivity contribution in [1.82, 2.24) is 15.2 Å². The van der Waals surface area contributed by atoms with Crippen LogP contribution in [0.1, 0.15) is 45.7 Å². The van der Waals surface area contributed by atoms with Gasteiger partial charge in [0.1, 0.15) is 0 Å². The van der Waals surface area contributed by atoms with Crippen LogP contribution < -0.4 is 14.8 Å². The Hall–Kier alpha value is -3.81. The molecule has 1 N–H and O–H groups in total. The van der Waals surface area contributed by atoms with Gasteiger partial charge in [-0.1, -0.05) is 24.3 Å². The van der Waals surface area contributed by atoms with E-state index in [1.165, 1.54) is 6.39 Å². The first kappa shape index (κ1) is 20.1. The molecule has 8 heteroatoms. The number of likely N-dealkylation sites (tertiary alicyclic amines) is 1. The zero-order valence-corrected chi connectivity index (χ0v) is 17.5. The lowest BCUT2D eigenvalue weighted by Gasteiger charge is -2.27. The molecule has 8 nitrogen and oxygen atoms in total. The molecule has 164 valence electrons. The van der Waals surface area contributed by atoms with Crippen molar-refractivity contribution < 1.29 is 23.5 Å². The Morgan fingerprint density at radius 1 is 1.00 bits per heavy atom. The van der Waals surface area contributed by atoms with Crippen molar-refractivity contribution in [3.05, 3.63) is 65.7 Å². The molecule has 1 saturated heterocycles. The number of ether oxygens (including phenoxy) is 2. The molecular weight excluding hydrogens is 410 g/mol. The number of oxazole rings is 1. The lowest BCUT2D eigenvalue weighted by Crippen LogP contribution is -2.35. The lowest BCUT2D eigenvalue weighted by molar-refractivity contribution is 0.0724. The van der Waals surface area contributed by atoms with Crippen molar-refractivity contribution in [3.63, 3.8) is 0 Å². The number of amides is 2. The summed E-state index contributed by atoms with van der Waals surface area (Å²) in [5.74, 6) is 1.20. The number of benzene rings is 2. The number of piperidine rings is 1. The summed E-state index contributed by atoms with van der Waals surface area (Å²) in [6.07, 6.45) is 4.38. The number of nitrogens with one attached hydrogen (secondary N) is 1. The van der Waals surface area contributed by atoms with E-state index in [-0.39, 0.29) is 36.6 Å². The van der Waals surface area contributed by atoms with Crippen LogP contribution in [0, 0.1) is 0 Å². The van der Waals surface area contributed by atoms with Crippen LogP contribution in [0.5, 0.6) is 11.5 Å². The number of carbonyl (C=O) groups excluding carboxylic acids is 2. The topological polar surface area (TPSA) is 93.9 Å². The highest BCUT2D eigenvalue weighted by atomic mass is 16.7. The molecule has 0 radical (unpaired) electrons. The summed E-state index contributed by atoms with van der Waals surface area (Å²) in [6.45, 7) is 1.97. The first-order chi connectivity index (χ1) is 15.7. The van der Waals surface area contributed by atoms with Gasteiger partial charge < -0.3 is 24.1 Å². The van der Waals surface area contributed by atoms with E-state index in [0.29, 0.717) is 22.6 Å². The summed E-state index contributed by atoms with van der Waals surface area (Å²) < 4.78 is 16.3. The van der Waals surface area contributed by atoms with Gasteiger partial charge in [0.25, 0.3) is 11.8 Å². The van der Waals surface area contributed by atoms with Crippen LogP contribution in [-0.4, -0.2) is 41.6 Å². The van der Waals surface area contributed by atoms with Gasteiger partial charge in [-0.15, -0.1) is 0 Å². The largest absolute Gasteiger partial charge is 0.454 e. The zero-order valence-electron chi connectivity index (χ0n) is 17.5. The van der Waals surface area contributed by atoms with Gasteiger partial charge in [0, 0.05) is 25.2 Å². The molecule has 1 fully saturated rings.